The highest BCUT2D eigenvalue weighted by atomic mass is 16.5. The number of aliphatic hydroxyl groups excluding tert-OH is 1. The number of ether oxygens (including phenoxy) is 2. The Hall–Kier alpha value is -2.87. The molecule has 2 aliphatic rings. The van der Waals surface area contributed by atoms with E-state index in [9.17, 15) is 14.7 Å². The molecule has 160 valence electrons. The number of carbonyl (C=O) groups excluding carboxylic acids is 2. The van der Waals surface area contributed by atoms with Crippen molar-refractivity contribution < 1.29 is 24.2 Å². The van der Waals surface area contributed by atoms with E-state index < -0.39 is 12.1 Å². The molecule has 0 bridgehead atoms. The topological polar surface area (TPSA) is 93.9 Å². The number of methoxy groups -OCH3 is 1. The first kappa shape index (κ1) is 20.4. The van der Waals surface area contributed by atoms with E-state index in [2.05, 4.69) is 5.10 Å². The normalized spacial score (nSPS) is 25.6. The molecule has 1 aromatic heterocycles. The predicted molar refractivity (Wildman–Crippen MR) is 108 cm³/mol. The second kappa shape index (κ2) is 8.47. The number of nitrogens with zero attached hydrogens (tertiary/aromatic N) is 3. The highest BCUT2D eigenvalue weighted by molar-refractivity contribution is 5.94. The molecule has 2 heterocycles. The second-order valence-electron chi connectivity index (χ2n) is 8.03. The lowest BCUT2D eigenvalue weighted by atomic mass is 9.78. The van der Waals surface area contributed by atoms with Crippen LogP contribution in [0.5, 0.6) is 5.75 Å². The van der Waals surface area contributed by atoms with E-state index in [0.29, 0.717) is 42.8 Å². The Bertz CT molecular complexity index is 927. The van der Waals surface area contributed by atoms with Crippen LogP contribution in [0.1, 0.15) is 40.5 Å². The number of rotatable bonds is 5. The Labute approximate surface area is 175 Å². The van der Waals surface area contributed by atoms with Crippen LogP contribution in [0.15, 0.2) is 36.7 Å². The molecule has 4 atom stereocenters. The Morgan fingerprint density at radius 1 is 1.20 bits per heavy atom. The Kier molecular flexibility index (Phi) is 5.76. The Morgan fingerprint density at radius 3 is 2.67 bits per heavy atom. The summed E-state index contributed by atoms with van der Waals surface area (Å²) in [5.74, 6) is 0.611. The van der Waals surface area contributed by atoms with Gasteiger partial charge in [0.1, 0.15) is 11.9 Å². The molecule has 8 heteroatoms. The van der Waals surface area contributed by atoms with Crippen LogP contribution in [0.25, 0.3) is 0 Å². The van der Waals surface area contributed by atoms with E-state index in [1.165, 1.54) is 7.11 Å². The van der Waals surface area contributed by atoms with E-state index in [-0.39, 0.29) is 23.8 Å². The van der Waals surface area contributed by atoms with Crippen LogP contribution >= 0.6 is 0 Å². The molecule has 2 fully saturated rings. The average Bonchev–Trinajstić information content (AvgIpc) is 3.40. The smallest absolute Gasteiger partial charge is 0.337 e. The summed E-state index contributed by atoms with van der Waals surface area (Å²) in [4.78, 5) is 26.4. The van der Waals surface area contributed by atoms with Gasteiger partial charge in [0, 0.05) is 25.8 Å². The van der Waals surface area contributed by atoms with Crippen molar-refractivity contribution in [2.45, 2.75) is 38.5 Å². The molecular formula is C22H27N3O5. The van der Waals surface area contributed by atoms with Gasteiger partial charge in [0.15, 0.2) is 0 Å². The molecule has 8 nitrogen and oxygen atoms in total. The van der Waals surface area contributed by atoms with Crippen molar-refractivity contribution in [2.75, 3.05) is 20.2 Å². The van der Waals surface area contributed by atoms with Crippen molar-refractivity contribution >= 4 is 11.9 Å². The molecule has 2 aromatic rings. The molecule has 1 saturated heterocycles. The van der Waals surface area contributed by atoms with Crippen LogP contribution in [-0.2, 0) is 11.3 Å². The van der Waals surface area contributed by atoms with Gasteiger partial charge in [-0.3, -0.25) is 9.48 Å². The van der Waals surface area contributed by atoms with Crippen LogP contribution in [0.4, 0.5) is 0 Å². The molecule has 1 saturated carbocycles. The maximum Gasteiger partial charge on any atom is 0.337 e. The summed E-state index contributed by atoms with van der Waals surface area (Å²) < 4.78 is 12.5. The number of benzene rings is 1. The summed E-state index contributed by atoms with van der Waals surface area (Å²) in [6, 6.07) is 6.78. The minimum absolute atomic E-state index is 0.0122. The predicted octanol–water partition coefficient (Wildman–Crippen LogP) is 1.98. The summed E-state index contributed by atoms with van der Waals surface area (Å²) in [6.07, 6.45) is 3.64. The van der Waals surface area contributed by atoms with Crippen LogP contribution in [-0.4, -0.2) is 64.1 Å². The number of aliphatic hydroxyl groups is 1. The maximum atomic E-state index is 12.8. The lowest BCUT2D eigenvalue weighted by Crippen LogP contribution is -2.42. The molecule has 1 aliphatic heterocycles. The zero-order valence-corrected chi connectivity index (χ0v) is 17.2. The molecule has 0 radical (unpaired) electrons. The van der Waals surface area contributed by atoms with Gasteiger partial charge in [-0.25, -0.2) is 4.79 Å². The van der Waals surface area contributed by atoms with E-state index in [1.807, 2.05) is 11.8 Å². The summed E-state index contributed by atoms with van der Waals surface area (Å²) in [6.45, 7) is 3.99. The number of aryl methyl sites for hydroxylation is 1. The summed E-state index contributed by atoms with van der Waals surface area (Å²) in [5, 5.41) is 14.8. The molecular weight excluding hydrogens is 386 g/mol. The largest absolute Gasteiger partial charge is 0.488 e. The summed E-state index contributed by atoms with van der Waals surface area (Å²) in [7, 11) is 1.33. The average molecular weight is 413 g/mol. The standard InChI is InChI=1S/C22H27N3O5/c1-3-25-13-17(10-23-25)21(27)24-11-15-8-19(26)20(9-16(15)12-24)30-18-6-4-5-14(7-18)22(28)29-2/h4-7,10,13,15-16,19-20,26H,3,8-9,11-12H2,1-2H3/t15-,16+,19+,20+/m0/s1. The molecule has 4 rings (SSSR count). The Morgan fingerprint density at radius 2 is 1.97 bits per heavy atom. The number of hydrogen-bond donors (Lipinski definition) is 1. The molecule has 1 aliphatic carbocycles. The number of hydrogen-bond acceptors (Lipinski definition) is 6. The molecule has 30 heavy (non-hydrogen) atoms. The highest BCUT2D eigenvalue weighted by Gasteiger charge is 2.44. The minimum atomic E-state index is -0.620. The third-order valence-electron chi connectivity index (χ3n) is 6.12. The van der Waals surface area contributed by atoms with Crippen LogP contribution < -0.4 is 4.74 Å². The number of carbonyl (C=O) groups is 2. The zero-order chi connectivity index (χ0) is 21.3. The number of likely N-dealkylation sites (tertiary alicyclic amines) is 1. The van der Waals surface area contributed by atoms with Gasteiger partial charge in [0.2, 0.25) is 0 Å². The van der Waals surface area contributed by atoms with Gasteiger partial charge in [-0.1, -0.05) is 6.07 Å². The van der Waals surface area contributed by atoms with Crippen molar-refractivity contribution in [1.29, 1.82) is 0 Å². The third kappa shape index (κ3) is 4.05. The minimum Gasteiger partial charge on any atom is -0.488 e. The number of amides is 1. The molecule has 1 amide bonds. The zero-order valence-electron chi connectivity index (χ0n) is 17.2. The fourth-order valence-corrected chi connectivity index (χ4v) is 4.50. The molecule has 1 N–H and O–H groups in total. The molecule has 0 spiro atoms. The summed E-state index contributed by atoms with van der Waals surface area (Å²) in [5.41, 5.74) is 1.01. The number of fused-ring (bicyclic) bond motifs is 1. The quantitative estimate of drug-likeness (QED) is 0.754. The highest BCUT2D eigenvalue weighted by Crippen LogP contribution is 2.38. The van der Waals surface area contributed by atoms with Crippen molar-refractivity contribution in [2.24, 2.45) is 11.8 Å². The van der Waals surface area contributed by atoms with E-state index in [4.69, 9.17) is 9.47 Å². The fourth-order valence-electron chi connectivity index (χ4n) is 4.50. The third-order valence-corrected chi connectivity index (χ3v) is 6.12. The second-order valence-corrected chi connectivity index (χ2v) is 8.03. The first-order chi connectivity index (χ1) is 14.5. The van der Waals surface area contributed by atoms with Crippen LogP contribution in [0.2, 0.25) is 0 Å². The van der Waals surface area contributed by atoms with Gasteiger partial charge >= 0.3 is 5.97 Å². The van der Waals surface area contributed by atoms with Crippen molar-refractivity contribution in [3.63, 3.8) is 0 Å². The van der Waals surface area contributed by atoms with Gasteiger partial charge in [-0.15, -0.1) is 0 Å². The fraction of sp³-hybridized carbons (Fsp3) is 0.500. The van der Waals surface area contributed by atoms with E-state index in [0.717, 1.165) is 6.54 Å². The van der Waals surface area contributed by atoms with Crippen molar-refractivity contribution in [1.82, 2.24) is 14.7 Å². The SMILES string of the molecule is CCn1cc(C(=O)N2C[C@H]3C[C@@H](Oc4cccc(C(=O)OC)c4)[C@H](O)C[C@H]3C2)cn1. The van der Waals surface area contributed by atoms with Crippen molar-refractivity contribution in [3.8, 4) is 5.75 Å². The van der Waals surface area contributed by atoms with Crippen molar-refractivity contribution in [3.05, 3.63) is 47.8 Å². The van der Waals surface area contributed by atoms with E-state index in [1.54, 1.807) is 41.3 Å². The number of aromatic nitrogens is 2. The maximum absolute atomic E-state index is 12.8. The van der Waals surface area contributed by atoms with Gasteiger partial charge in [0.05, 0.1) is 30.5 Å². The van der Waals surface area contributed by atoms with Crippen LogP contribution in [0.3, 0.4) is 0 Å². The van der Waals surface area contributed by atoms with Gasteiger partial charge in [-0.2, -0.15) is 5.10 Å². The molecule has 1 aromatic carbocycles. The first-order valence-electron chi connectivity index (χ1n) is 10.3. The monoisotopic (exact) mass is 413 g/mol. The Balaban J connectivity index is 1.41. The van der Waals surface area contributed by atoms with Gasteiger partial charge in [-0.05, 0) is 49.8 Å². The first-order valence-corrected chi connectivity index (χ1v) is 10.3. The number of esters is 1. The van der Waals surface area contributed by atoms with Gasteiger partial charge in [0.25, 0.3) is 5.91 Å². The van der Waals surface area contributed by atoms with Gasteiger partial charge < -0.3 is 19.5 Å². The molecule has 0 unspecified atom stereocenters. The lowest BCUT2D eigenvalue weighted by Gasteiger charge is -2.35. The lowest BCUT2D eigenvalue weighted by molar-refractivity contribution is -0.0231. The van der Waals surface area contributed by atoms with Crippen LogP contribution in [0, 0.1) is 11.8 Å². The summed E-state index contributed by atoms with van der Waals surface area (Å²) >= 11 is 0. The van der Waals surface area contributed by atoms with E-state index >= 15 is 0 Å².